The van der Waals surface area contributed by atoms with Crippen LogP contribution in [0.1, 0.15) is 0 Å². The third-order valence-electron chi connectivity index (χ3n) is 4.35. The summed E-state index contributed by atoms with van der Waals surface area (Å²) < 4.78 is 9.91. The maximum Gasteiger partial charge on any atom is 0.238 e. The minimum Gasteiger partial charge on any atom is -0.378 e. The monoisotopic (exact) mass is 375 g/mol. The van der Waals surface area contributed by atoms with E-state index in [1.54, 1.807) is 0 Å². The molecule has 8 heteroatoms. The van der Waals surface area contributed by atoms with E-state index < -0.39 is 0 Å². The molecular formula is C18H25N5O2S. The number of anilines is 2. The van der Waals surface area contributed by atoms with Crippen LogP contribution in [0.25, 0.3) is 0 Å². The lowest BCUT2D eigenvalue weighted by molar-refractivity contribution is -0.117. The summed E-state index contributed by atoms with van der Waals surface area (Å²) in [6, 6.07) is 7.95. The zero-order valence-corrected chi connectivity index (χ0v) is 16.0. The van der Waals surface area contributed by atoms with E-state index >= 15 is 0 Å². The van der Waals surface area contributed by atoms with Gasteiger partial charge in [0.05, 0.1) is 26.4 Å². The average Bonchev–Trinajstić information content (AvgIpc) is 2.95. The van der Waals surface area contributed by atoms with Crippen molar-refractivity contribution in [2.75, 3.05) is 50.1 Å². The highest BCUT2D eigenvalue weighted by Gasteiger charge is 2.12. The van der Waals surface area contributed by atoms with E-state index in [9.17, 15) is 4.79 Å². The van der Waals surface area contributed by atoms with Crippen LogP contribution >= 0.6 is 12.2 Å². The van der Waals surface area contributed by atoms with Crippen LogP contribution in [0.15, 0.2) is 36.7 Å². The standard InChI is InChI=1S/C18H25N5O2S/c1-20(14-23-8-7-21(2)18(23)26)13-17(24)19-15-3-5-16(6-4-15)22-9-11-25-12-10-22/h3-8H,9-14H2,1-2H3,(H,19,24). The van der Waals surface area contributed by atoms with E-state index in [1.165, 1.54) is 0 Å². The van der Waals surface area contributed by atoms with Crippen LogP contribution in [0.3, 0.4) is 0 Å². The summed E-state index contributed by atoms with van der Waals surface area (Å²) in [5, 5.41) is 2.94. The van der Waals surface area contributed by atoms with Gasteiger partial charge in [0.15, 0.2) is 4.77 Å². The number of morpholine rings is 1. The van der Waals surface area contributed by atoms with Gasteiger partial charge in [-0.25, -0.2) is 0 Å². The predicted molar refractivity (Wildman–Crippen MR) is 105 cm³/mol. The summed E-state index contributed by atoms with van der Waals surface area (Å²) in [4.78, 5) is 16.5. The molecule has 0 saturated carbocycles. The van der Waals surface area contributed by atoms with Crippen molar-refractivity contribution in [3.8, 4) is 0 Å². The normalized spacial score (nSPS) is 14.7. The predicted octanol–water partition coefficient (Wildman–Crippen LogP) is 1.92. The summed E-state index contributed by atoms with van der Waals surface area (Å²) in [6.45, 7) is 4.19. The van der Waals surface area contributed by atoms with Gasteiger partial charge in [-0.1, -0.05) is 0 Å². The molecule has 1 aromatic heterocycles. The number of nitrogens with zero attached hydrogens (tertiary/aromatic N) is 4. The highest BCUT2D eigenvalue weighted by Crippen LogP contribution is 2.19. The first-order valence-corrected chi connectivity index (χ1v) is 9.06. The van der Waals surface area contributed by atoms with Crippen molar-refractivity contribution in [3.05, 3.63) is 41.4 Å². The molecule has 2 heterocycles. The fraction of sp³-hybridized carbons (Fsp3) is 0.444. The van der Waals surface area contributed by atoms with Crippen molar-refractivity contribution >= 4 is 29.5 Å². The number of benzene rings is 1. The van der Waals surface area contributed by atoms with Gasteiger partial charge >= 0.3 is 0 Å². The number of hydrogen-bond acceptors (Lipinski definition) is 5. The van der Waals surface area contributed by atoms with Crippen LogP contribution in [0, 0.1) is 4.77 Å². The second-order valence-electron chi connectivity index (χ2n) is 6.51. The maximum absolute atomic E-state index is 12.3. The molecule has 0 atom stereocenters. The van der Waals surface area contributed by atoms with Crippen LogP contribution in [-0.4, -0.2) is 59.8 Å². The van der Waals surface area contributed by atoms with Crippen molar-refractivity contribution < 1.29 is 9.53 Å². The Hall–Kier alpha value is -2.16. The Morgan fingerprint density at radius 2 is 1.92 bits per heavy atom. The van der Waals surface area contributed by atoms with E-state index in [1.807, 2.05) is 64.8 Å². The van der Waals surface area contributed by atoms with Gasteiger partial charge < -0.3 is 24.1 Å². The molecule has 2 aromatic rings. The van der Waals surface area contributed by atoms with E-state index in [0.717, 1.165) is 42.4 Å². The van der Waals surface area contributed by atoms with Gasteiger partial charge in [0.2, 0.25) is 5.91 Å². The Labute approximate surface area is 158 Å². The Morgan fingerprint density at radius 1 is 1.23 bits per heavy atom. The fourth-order valence-electron chi connectivity index (χ4n) is 2.95. The molecule has 1 aliphatic rings. The topological polar surface area (TPSA) is 54.7 Å². The van der Waals surface area contributed by atoms with E-state index in [2.05, 4.69) is 10.2 Å². The number of likely N-dealkylation sites (N-methyl/N-ethyl adjacent to an activating group) is 1. The number of hydrogen-bond donors (Lipinski definition) is 1. The van der Waals surface area contributed by atoms with Crippen molar-refractivity contribution in [2.45, 2.75) is 6.67 Å². The number of nitrogens with one attached hydrogen (secondary N) is 1. The third kappa shape index (κ3) is 4.72. The molecule has 1 aliphatic heterocycles. The van der Waals surface area contributed by atoms with Crippen molar-refractivity contribution in [3.63, 3.8) is 0 Å². The molecule has 1 amide bonds. The molecule has 1 aromatic carbocycles. The van der Waals surface area contributed by atoms with Crippen LogP contribution in [0.4, 0.5) is 11.4 Å². The smallest absolute Gasteiger partial charge is 0.238 e. The van der Waals surface area contributed by atoms with E-state index in [0.29, 0.717) is 13.2 Å². The van der Waals surface area contributed by atoms with Crippen molar-refractivity contribution in [1.29, 1.82) is 0 Å². The number of rotatable bonds is 6. The van der Waals surface area contributed by atoms with Crippen LogP contribution < -0.4 is 10.2 Å². The Bertz CT molecular complexity index is 793. The highest BCUT2D eigenvalue weighted by molar-refractivity contribution is 7.71. The second-order valence-corrected chi connectivity index (χ2v) is 6.88. The third-order valence-corrected chi connectivity index (χ3v) is 4.87. The molecular weight excluding hydrogens is 350 g/mol. The molecule has 26 heavy (non-hydrogen) atoms. The Balaban J connectivity index is 1.51. The largest absolute Gasteiger partial charge is 0.378 e. The zero-order valence-electron chi connectivity index (χ0n) is 15.2. The number of aromatic nitrogens is 2. The molecule has 3 rings (SSSR count). The number of amides is 1. The van der Waals surface area contributed by atoms with Crippen molar-refractivity contribution in [1.82, 2.24) is 14.0 Å². The SMILES string of the molecule is CN(CC(=O)Nc1ccc(N2CCOCC2)cc1)Cn1ccn(C)c1=S. The summed E-state index contributed by atoms with van der Waals surface area (Å²) in [7, 11) is 3.81. The number of carbonyl (C=O) groups excluding carboxylic acids is 1. The maximum atomic E-state index is 12.3. The minimum absolute atomic E-state index is 0.0472. The quantitative estimate of drug-likeness (QED) is 0.782. The van der Waals surface area contributed by atoms with Gasteiger partial charge in [0.1, 0.15) is 0 Å². The average molecular weight is 375 g/mol. The minimum atomic E-state index is -0.0472. The van der Waals surface area contributed by atoms with E-state index in [-0.39, 0.29) is 5.91 Å². The van der Waals surface area contributed by atoms with Gasteiger partial charge in [-0.3, -0.25) is 9.69 Å². The number of ether oxygens (including phenoxy) is 1. The fourth-order valence-corrected chi connectivity index (χ4v) is 3.13. The van der Waals surface area contributed by atoms with Gasteiger partial charge in [0.25, 0.3) is 0 Å². The highest BCUT2D eigenvalue weighted by atomic mass is 32.1. The molecule has 0 aliphatic carbocycles. The Kier molecular flexibility index (Phi) is 6.08. The molecule has 1 N–H and O–H groups in total. The first kappa shape index (κ1) is 18.6. The Morgan fingerprint density at radius 3 is 2.54 bits per heavy atom. The van der Waals surface area contributed by atoms with Gasteiger partial charge in [-0.15, -0.1) is 0 Å². The number of aryl methyl sites for hydroxylation is 1. The second kappa shape index (κ2) is 8.48. The zero-order chi connectivity index (χ0) is 18.5. The van der Waals surface area contributed by atoms with Crippen LogP contribution in [0.5, 0.6) is 0 Å². The molecule has 0 radical (unpaired) electrons. The first-order valence-electron chi connectivity index (χ1n) is 8.66. The molecule has 1 fully saturated rings. The first-order chi connectivity index (χ1) is 12.5. The number of imidazole rings is 1. The van der Waals surface area contributed by atoms with Gasteiger partial charge in [-0.2, -0.15) is 0 Å². The lowest BCUT2D eigenvalue weighted by Crippen LogP contribution is -2.36. The molecule has 0 unspecified atom stereocenters. The summed E-state index contributed by atoms with van der Waals surface area (Å²) in [5.74, 6) is -0.0472. The molecule has 1 saturated heterocycles. The van der Waals surface area contributed by atoms with Crippen LogP contribution in [0.2, 0.25) is 0 Å². The van der Waals surface area contributed by atoms with Gasteiger partial charge in [-0.05, 0) is 43.5 Å². The number of carbonyl (C=O) groups is 1. The van der Waals surface area contributed by atoms with Crippen LogP contribution in [-0.2, 0) is 23.2 Å². The molecule has 0 bridgehead atoms. The van der Waals surface area contributed by atoms with Crippen molar-refractivity contribution in [2.24, 2.45) is 7.05 Å². The molecule has 0 spiro atoms. The molecule has 140 valence electrons. The summed E-state index contributed by atoms with van der Waals surface area (Å²) in [6.07, 6.45) is 3.83. The summed E-state index contributed by atoms with van der Waals surface area (Å²) >= 11 is 5.32. The lowest BCUT2D eigenvalue weighted by atomic mass is 10.2. The lowest BCUT2D eigenvalue weighted by Gasteiger charge is -2.28. The molecule has 7 nitrogen and oxygen atoms in total. The van der Waals surface area contributed by atoms with Gasteiger partial charge in [0, 0.05) is 43.9 Å². The van der Waals surface area contributed by atoms with E-state index in [4.69, 9.17) is 17.0 Å². The summed E-state index contributed by atoms with van der Waals surface area (Å²) in [5.41, 5.74) is 1.96.